The minimum Gasteiger partial charge on any atom is -0.493 e. The van der Waals surface area contributed by atoms with Gasteiger partial charge in [-0.1, -0.05) is 17.7 Å². The highest BCUT2D eigenvalue weighted by atomic mass is 16.5. The summed E-state index contributed by atoms with van der Waals surface area (Å²) < 4.78 is 15.9. The molecule has 6 heteroatoms. The van der Waals surface area contributed by atoms with Gasteiger partial charge in [0.25, 0.3) is 5.91 Å². The summed E-state index contributed by atoms with van der Waals surface area (Å²) in [6.07, 6.45) is -0.943. The lowest BCUT2D eigenvalue weighted by atomic mass is 10.2. The monoisotopic (exact) mass is 357 g/mol. The maximum atomic E-state index is 12.3. The maximum Gasteiger partial charge on any atom is 0.339 e. The summed E-state index contributed by atoms with van der Waals surface area (Å²) in [6.45, 7) is 5.82. The number of ether oxygens (including phenoxy) is 3. The van der Waals surface area contributed by atoms with Crippen LogP contribution in [-0.2, 0) is 9.53 Å². The van der Waals surface area contributed by atoms with Crippen LogP contribution in [0.25, 0.3) is 0 Å². The van der Waals surface area contributed by atoms with Crippen molar-refractivity contribution in [1.82, 2.24) is 0 Å². The first-order valence-corrected chi connectivity index (χ1v) is 8.34. The smallest absolute Gasteiger partial charge is 0.339 e. The van der Waals surface area contributed by atoms with E-state index in [4.69, 9.17) is 14.2 Å². The van der Waals surface area contributed by atoms with Crippen molar-refractivity contribution >= 4 is 17.6 Å². The van der Waals surface area contributed by atoms with Crippen LogP contribution in [0.2, 0.25) is 0 Å². The molecule has 2 rings (SSSR count). The second-order valence-corrected chi connectivity index (χ2v) is 5.70. The first kappa shape index (κ1) is 19.3. The van der Waals surface area contributed by atoms with Gasteiger partial charge in [0.15, 0.2) is 17.6 Å². The van der Waals surface area contributed by atoms with Crippen LogP contribution in [0.1, 0.15) is 29.8 Å². The van der Waals surface area contributed by atoms with Gasteiger partial charge in [-0.2, -0.15) is 0 Å². The Morgan fingerprint density at radius 3 is 2.38 bits per heavy atom. The van der Waals surface area contributed by atoms with E-state index >= 15 is 0 Å². The first-order valence-electron chi connectivity index (χ1n) is 8.34. The number of nitrogens with one attached hydrogen (secondary N) is 1. The molecule has 2 aromatic carbocycles. The number of benzene rings is 2. The van der Waals surface area contributed by atoms with Crippen LogP contribution in [0, 0.1) is 6.92 Å². The van der Waals surface area contributed by atoms with Crippen molar-refractivity contribution in [2.24, 2.45) is 0 Å². The highest BCUT2D eigenvalue weighted by Gasteiger charge is 2.20. The molecule has 0 radical (unpaired) electrons. The molecule has 1 amide bonds. The molecule has 6 nitrogen and oxygen atoms in total. The quantitative estimate of drug-likeness (QED) is 0.767. The van der Waals surface area contributed by atoms with E-state index in [2.05, 4.69) is 5.32 Å². The summed E-state index contributed by atoms with van der Waals surface area (Å²) in [5.41, 5.74) is 2.01. The Morgan fingerprint density at radius 1 is 1.08 bits per heavy atom. The number of anilines is 1. The standard InChI is InChI=1S/C20H23NO5/c1-5-25-17-11-8-15(12-18(17)24-4)20(23)26-14(3)19(22)21-16-9-6-13(2)7-10-16/h6-12,14H,5H2,1-4H3,(H,21,22)/t14-/m1/s1. The molecule has 1 N–H and O–H groups in total. The summed E-state index contributed by atoms with van der Waals surface area (Å²) in [5.74, 6) is -0.0484. The van der Waals surface area contributed by atoms with Gasteiger partial charge in [-0.05, 0) is 51.1 Å². The molecule has 0 saturated heterocycles. The Kier molecular flexibility index (Phi) is 6.60. The third kappa shape index (κ3) is 4.99. The molecule has 1 atom stereocenters. The molecule has 2 aromatic rings. The van der Waals surface area contributed by atoms with Gasteiger partial charge < -0.3 is 19.5 Å². The molecule has 0 fully saturated rings. The predicted octanol–water partition coefficient (Wildman–Crippen LogP) is 3.59. The van der Waals surface area contributed by atoms with Crippen LogP contribution >= 0.6 is 0 Å². The van der Waals surface area contributed by atoms with E-state index in [1.165, 1.54) is 20.1 Å². The average Bonchev–Trinajstić information content (AvgIpc) is 2.64. The summed E-state index contributed by atoms with van der Waals surface area (Å²) in [7, 11) is 1.49. The van der Waals surface area contributed by atoms with Crippen LogP contribution < -0.4 is 14.8 Å². The molecule has 0 aliphatic carbocycles. The molecule has 26 heavy (non-hydrogen) atoms. The Hall–Kier alpha value is -3.02. The number of esters is 1. The minimum absolute atomic E-state index is 0.278. The van der Waals surface area contributed by atoms with Gasteiger partial charge in [-0.15, -0.1) is 0 Å². The number of carbonyl (C=O) groups is 2. The van der Waals surface area contributed by atoms with E-state index < -0.39 is 18.0 Å². The van der Waals surface area contributed by atoms with Gasteiger partial charge in [0.1, 0.15) is 0 Å². The van der Waals surface area contributed by atoms with Crippen LogP contribution in [0.4, 0.5) is 5.69 Å². The van der Waals surface area contributed by atoms with Gasteiger partial charge in [0, 0.05) is 5.69 Å². The molecule has 0 unspecified atom stereocenters. The maximum absolute atomic E-state index is 12.3. The number of carbonyl (C=O) groups excluding carboxylic acids is 2. The van der Waals surface area contributed by atoms with E-state index in [0.29, 0.717) is 23.8 Å². The number of amides is 1. The van der Waals surface area contributed by atoms with E-state index in [1.54, 1.807) is 24.3 Å². The first-order chi connectivity index (χ1) is 12.4. The van der Waals surface area contributed by atoms with Crippen molar-refractivity contribution in [2.75, 3.05) is 19.0 Å². The van der Waals surface area contributed by atoms with Crippen LogP contribution in [-0.4, -0.2) is 31.7 Å². The molecule has 0 aliphatic heterocycles. The summed E-state index contributed by atoms with van der Waals surface area (Å²) in [4.78, 5) is 24.5. The summed E-state index contributed by atoms with van der Waals surface area (Å²) in [6, 6.07) is 12.1. The van der Waals surface area contributed by atoms with Crippen molar-refractivity contribution in [3.05, 3.63) is 53.6 Å². The highest BCUT2D eigenvalue weighted by Crippen LogP contribution is 2.28. The topological polar surface area (TPSA) is 73.9 Å². The lowest BCUT2D eigenvalue weighted by molar-refractivity contribution is -0.123. The van der Waals surface area contributed by atoms with Crippen LogP contribution in [0.3, 0.4) is 0 Å². The Bertz CT molecular complexity index is 770. The van der Waals surface area contributed by atoms with Gasteiger partial charge in [-0.3, -0.25) is 4.79 Å². The van der Waals surface area contributed by atoms with Crippen molar-refractivity contribution < 1.29 is 23.8 Å². The highest BCUT2D eigenvalue weighted by molar-refractivity contribution is 5.97. The Labute approximate surface area is 153 Å². The molecule has 0 saturated carbocycles. The average molecular weight is 357 g/mol. The molecular weight excluding hydrogens is 334 g/mol. The van der Waals surface area contributed by atoms with Gasteiger partial charge in [-0.25, -0.2) is 4.79 Å². The van der Waals surface area contributed by atoms with Crippen LogP contribution in [0.15, 0.2) is 42.5 Å². The SMILES string of the molecule is CCOc1ccc(C(=O)O[C@H](C)C(=O)Nc2ccc(C)cc2)cc1OC. The lowest BCUT2D eigenvalue weighted by Gasteiger charge is -2.15. The largest absolute Gasteiger partial charge is 0.493 e. The number of hydrogen-bond acceptors (Lipinski definition) is 5. The van der Waals surface area contributed by atoms with Gasteiger partial charge in [0.2, 0.25) is 0 Å². The van der Waals surface area contributed by atoms with Crippen molar-refractivity contribution in [3.8, 4) is 11.5 Å². The molecule has 138 valence electrons. The predicted molar refractivity (Wildman–Crippen MR) is 98.8 cm³/mol. The normalized spacial score (nSPS) is 11.4. The van der Waals surface area contributed by atoms with Crippen molar-refractivity contribution in [2.45, 2.75) is 26.9 Å². The zero-order valence-corrected chi connectivity index (χ0v) is 15.4. The fourth-order valence-corrected chi connectivity index (χ4v) is 2.23. The number of aryl methyl sites for hydroxylation is 1. The number of hydrogen-bond donors (Lipinski definition) is 1. The Morgan fingerprint density at radius 2 is 1.77 bits per heavy atom. The zero-order chi connectivity index (χ0) is 19.1. The molecule has 0 aromatic heterocycles. The van der Waals surface area contributed by atoms with Gasteiger partial charge >= 0.3 is 5.97 Å². The molecule has 0 bridgehead atoms. The Balaban J connectivity index is 2.01. The second kappa shape index (κ2) is 8.89. The van der Waals surface area contributed by atoms with E-state index in [9.17, 15) is 9.59 Å². The molecular formula is C20H23NO5. The van der Waals surface area contributed by atoms with Crippen LogP contribution in [0.5, 0.6) is 11.5 Å². The third-order valence-electron chi connectivity index (χ3n) is 3.67. The van der Waals surface area contributed by atoms with Gasteiger partial charge in [0.05, 0.1) is 19.3 Å². The minimum atomic E-state index is -0.943. The number of rotatable bonds is 7. The molecule has 0 heterocycles. The van der Waals surface area contributed by atoms with E-state index in [1.807, 2.05) is 26.0 Å². The zero-order valence-electron chi connectivity index (χ0n) is 15.4. The third-order valence-corrected chi connectivity index (χ3v) is 3.67. The van der Waals surface area contributed by atoms with E-state index in [0.717, 1.165) is 5.56 Å². The number of methoxy groups -OCH3 is 1. The summed E-state index contributed by atoms with van der Waals surface area (Å²) >= 11 is 0. The fraction of sp³-hybridized carbons (Fsp3) is 0.300. The fourth-order valence-electron chi connectivity index (χ4n) is 2.23. The second-order valence-electron chi connectivity index (χ2n) is 5.70. The summed E-state index contributed by atoms with van der Waals surface area (Å²) in [5, 5.41) is 2.71. The molecule has 0 spiro atoms. The van der Waals surface area contributed by atoms with E-state index in [-0.39, 0.29) is 5.56 Å². The lowest BCUT2D eigenvalue weighted by Crippen LogP contribution is -2.30. The molecule has 0 aliphatic rings. The van der Waals surface area contributed by atoms with Crippen molar-refractivity contribution in [3.63, 3.8) is 0 Å². The van der Waals surface area contributed by atoms with Crippen molar-refractivity contribution in [1.29, 1.82) is 0 Å².